The highest BCUT2D eigenvalue weighted by atomic mass is 32.1. The van der Waals surface area contributed by atoms with Crippen LogP contribution in [0.2, 0.25) is 0 Å². The van der Waals surface area contributed by atoms with Crippen molar-refractivity contribution in [1.82, 2.24) is 34.8 Å². The number of nitrogens with zero attached hydrogens (tertiary/aromatic N) is 6. The molecule has 11 heteroatoms. The maximum Gasteiger partial charge on any atom is 0.272 e. The molecule has 4 aromatic heterocycles. The van der Waals surface area contributed by atoms with E-state index in [2.05, 4.69) is 32.6 Å². The molecule has 10 nitrogen and oxygen atoms in total. The Labute approximate surface area is 218 Å². The third kappa shape index (κ3) is 5.04. The Bertz CT molecular complexity index is 1420. The lowest BCUT2D eigenvalue weighted by Crippen LogP contribution is -2.46. The number of anilines is 1. The predicted molar refractivity (Wildman–Crippen MR) is 141 cm³/mol. The van der Waals surface area contributed by atoms with Gasteiger partial charge in [-0.05, 0) is 50.7 Å². The van der Waals surface area contributed by atoms with E-state index in [1.165, 1.54) is 12.8 Å². The first kappa shape index (κ1) is 23.5. The van der Waals surface area contributed by atoms with Crippen molar-refractivity contribution in [3.63, 3.8) is 0 Å². The number of carbonyl (C=O) groups is 2. The van der Waals surface area contributed by atoms with Gasteiger partial charge >= 0.3 is 0 Å². The Hall–Kier alpha value is -3.86. The number of pyridine rings is 1. The van der Waals surface area contributed by atoms with E-state index in [1.807, 2.05) is 16.5 Å². The largest absolute Gasteiger partial charge is 0.367 e. The first-order valence-corrected chi connectivity index (χ1v) is 13.5. The molecule has 0 aromatic carbocycles. The van der Waals surface area contributed by atoms with Crippen molar-refractivity contribution in [2.24, 2.45) is 5.92 Å². The lowest BCUT2D eigenvalue weighted by atomic mass is 10.0. The normalized spacial score (nSPS) is 17.1. The molecule has 1 saturated heterocycles. The zero-order chi connectivity index (χ0) is 25.4. The second kappa shape index (κ2) is 9.89. The summed E-state index contributed by atoms with van der Waals surface area (Å²) in [5.74, 6) is 1.52. The van der Waals surface area contributed by atoms with Crippen molar-refractivity contribution < 1.29 is 9.59 Å². The van der Waals surface area contributed by atoms with Crippen LogP contribution >= 0.6 is 11.3 Å². The van der Waals surface area contributed by atoms with E-state index in [0.717, 1.165) is 10.4 Å². The van der Waals surface area contributed by atoms with Gasteiger partial charge in [-0.25, -0.2) is 14.5 Å². The Morgan fingerprint density at radius 2 is 1.97 bits per heavy atom. The first-order valence-electron chi connectivity index (χ1n) is 12.6. The summed E-state index contributed by atoms with van der Waals surface area (Å²) < 4.78 is 1.79. The van der Waals surface area contributed by atoms with Crippen LogP contribution in [0.15, 0.2) is 48.4 Å². The van der Waals surface area contributed by atoms with Gasteiger partial charge in [0.2, 0.25) is 0 Å². The Morgan fingerprint density at radius 3 is 2.73 bits per heavy atom. The van der Waals surface area contributed by atoms with Gasteiger partial charge < -0.3 is 15.5 Å². The van der Waals surface area contributed by atoms with Crippen molar-refractivity contribution in [3.8, 4) is 11.4 Å². The molecule has 6 rings (SSSR count). The quantitative estimate of drug-likeness (QED) is 0.386. The fourth-order valence-electron chi connectivity index (χ4n) is 4.73. The van der Waals surface area contributed by atoms with Gasteiger partial charge in [0, 0.05) is 55.2 Å². The number of amides is 2. The molecule has 0 radical (unpaired) electrons. The summed E-state index contributed by atoms with van der Waals surface area (Å²) >= 11 is 1.56. The van der Waals surface area contributed by atoms with Crippen LogP contribution in [0.4, 0.5) is 5.82 Å². The minimum Gasteiger partial charge on any atom is -0.367 e. The highest BCUT2D eigenvalue weighted by molar-refractivity contribution is 7.16. The van der Waals surface area contributed by atoms with E-state index in [1.54, 1.807) is 52.6 Å². The predicted octanol–water partition coefficient (Wildman–Crippen LogP) is 3.49. The summed E-state index contributed by atoms with van der Waals surface area (Å²) in [5.41, 5.74) is 1.71. The smallest absolute Gasteiger partial charge is 0.272 e. The minimum atomic E-state index is -0.139. The van der Waals surface area contributed by atoms with Gasteiger partial charge in [-0.3, -0.25) is 14.6 Å². The average molecular weight is 517 g/mol. The number of piperidine rings is 1. The maximum atomic E-state index is 13.6. The molecule has 0 spiro atoms. The Morgan fingerprint density at radius 1 is 1.14 bits per heavy atom. The lowest BCUT2D eigenvalue weighted by Gasteiger charge is -2.32. The van der Waals surface area contributed by atoms with Gasteiger partial charge in [0.1, 0.15) is 16.3 Å². The molecule has 2 fully saturated rings. The molecule has 0 bridgehead atoms. The molecule has 190 valence electrons. The summed E-state index contributed by atoms with van der Waals surface area (Å²) in [5, 5.41) is 12.9. The second-order valence-corrected chi connectivity index (χ2v) is 10.6. The van der Waals surface area contributed by atoms with E-state index in [-0.39, 0.29) is 23.9 Å². The lowest BCUT2D eigenvalue weighted by molar-refractivity contribution is 0.0692. The highest BCUT2D eigenvalue weighted by Crippen LogP contribution is 2.34. The van der Waals surface area contributed by atoms with Gasteiger partial charge in [-0.1, -0.05) is 0 Å². The highest BCUT2D eigenvalue weighted by Gasteiger charge is 2.30. The zero-order valence-corrected chi connectivity index (χ0v) is 21.3. The molecule has 2 N–H and O–H groups in total. The van der Waals surface area contributed by atoms with Crippen LogP contribution in [0.3, 0.4) is 0 Å². The standard InChI is InChI=1S/C26H28N8O2S/c1-16(17-4-5-17)29-22-13-21(31-23(32-22)20-15-28-34-11-12-37-26(20)34)25(36)33-9-6-19(7-10-33)30-24(35)18-3-2-8-27-14-18/h2-3,8,11-17,19H,4-7,9-10H2,1H3,(H,30,35)(H,29,31,32). The number of rotatable bonds is 7. The molecule has 1 atom stereocenters. The van der Waals surface area contributed by atoms with E-state index in [0.29, 0.717) is 54.7 Å². The van der Waals surface area contributed by atoms with Gasteiger partial charge in [-0.2, -0.15) is 5.10 Å². The van der Waals surface area contributed by atoms with Crippen LogP contribution in [0.1, 0.15) is 53.5 Å². The van der Waals surface area contributed by atoms with E-state index in [9.17, 15) is 9.59 Å². The number of fused-ring (bicyclic) bond motifs is 1. The van der Waals surface area contributed by atoms with Crippen LogP contribution in [0, 0.1) is 5.92 Å². The number of carbonyl (C=O) groups excluding carboxylic acids is 2. The molecule has 1 aliphatic heterocycles. The second-order valence-electron chi connectivity index (χ2n) is 9.73. The SMILES string of the molecule is CC(Nc1cc(C(=O)N2CCC(NC(=O)c3cccnc3)CC2)nc(-c2cnn3ccsc23)n1)C1CC1. The van der Waals surface area contributed by atoms with Gasteiger partial charge in [0.05, 0.1) is 17.3 Å². The monoisotopic (exact) mass is 516 g/mol. The zero-order valence-electron chi connectivity index (χ0n) is 20.5. The van der Waals surface area contributed by atoms with E-state index >= 15 is 0 Å². The first-order chi connectivity index (χ1) is 18.0. The van der Waals surface area contributed by atoms with Crippen molar-refractivity contribution in [3.05, 3.63) is 59.6 Å². The van der Waals surface area contributed by atoms with Crippen LogP contribution < -0.4 is 10.6 Å². The van der Waals surface area contributed by atoms with Crippen LogP contribution in [0.25, 0.3) is 16.2 Å². The average Bonchev–Trinajstić information content (AvgIpc) is 3.55. The van der Waals surface area contributed by atoms with E-state index < -0.39 is 0 Å². The number of thiazole rings is 1. The molecule has 5 heterocycles. The molecule has 2 aliphatic rings. The van der Waals surface area contributed by atoms with Crippen LogP contribution in [-0.2, 0) is 0 Å². The molecular weight excluding hydrogens is 488 g/mol. The molecule has 1 saturated carbocycles. The molecule has 2 amide bonds. The fraction of sp³-hybridized carbons (Fsp3) is 0.385. The number of hydrogen-bond donors (Lipinski definition) is 2. The summed E-state index contributed by atoms with van der Waals surface area (Å²) in [6, 6.07) is 5.53. The van der Waals surface area contributed by atoms with Crippen molar-refractivity contribution >= 4 is 33.8 Å². The molecule has 4 aromatic rings. The molecule has 1 aliphatic carbocycles. The molecule has 37 heavy (non-hydrogen) atoms. The van der Waals surface area contributed by atoms with Crippen molar-refractivity contribution in [2.45, 2.75) is 44.7 Å². The Kier molecular flexibility index (Phi) is 6.29. The Balaban J connectivity index is 1.19. The number of aromatic nitrogens is 5. The minimum absolute atomic E-state index is 0.00821. The third-order valence-corrected chi connectivity index (χ3v) is 7.95. The number of likely N-dealkylation sites (tertiary alicyclic amines) is 1. The molecular formula is C26H28N8O2S. The van der Waals surface area contributed by atoms with Gasteiger partial charge in [0.15, 0.2) is 5.82 Å². The number of hydrogen-bond acceptors (Lipinski definition) is 8. The summed E-state index contributed by atoms with van der Waals surface area (Å²) in [6.45, 7) is 3.24. The number of nitrogens with one attached hydrogen (secondary N) is 2. The van der Waals surface area contributed by atoms with Gasteiger partial charge in [-0.15, -0.1) is 11.3 Å². The van der Waals surface area contributed by atoms with Crippen molar-refractivity contribution in [1.29, 1.82) is 0 Å². The van der Waals surface area contributed by atoms with Crippen LogP contribution in [-0.4, -0.2) is 66.5 Å². The third-order valence-electron chi connectivity index (χ3n) is 7.06. The van der Waals surface area contributed by atoms with Crippen molar-refractivity contribution in [2.75, 3.05) is 18.4 Å². The van der Waals surface area contributed by atoms with E-state index in [4.69, 9.17) is 4.98 Å². The summed E-state index contributed by atoms with van der Waals surface area (Å²) in [7, 11) is 0. The maximum absolute atomic E-state index is 13.6. The summed E-state index contributed by atoms with van der Waals surface area (Å²) in [6.07, 6.45) is 10.6. The van der Waals surface area contributed by atoms with Crippen LogP contribution in [0.5, 0.6) is 0 Å². The topological polar surface area (TPSA) is 117 Å². The molecule has 1 unspecified atom stereocenters. The summed E-state index contributed by atoms with van der Waals surface area (Å²) in [4.78, 5) is 42.3. The van der Waals surface area contributed by atoms with Gasteiger partial charge in [0.25, 0.3) is 11.8 Å². The fourth-order valence-corrected chi connectivity index (χ4v) is 5.53.